The molecule has 0 fully saturated rings. The van der Waals surface area contributed by atoms with Crippen LogP contribution in [0.15, 0.2) is 30.3 Å². The second-order valence-electron chi connectivity index (χ2n) is 6.24. The van der Waals surface area contributed by atoms with Crippen molar-refractivity contribution >= 4 is 15.7 Å². The highest BCUT2D eigenvalue weighted by molar-refractivity contribution is 7.93. The highest BCUT2D eigenvalue weighted by atomic mass is 32.2. The van der Waals surface area contributed by atoms with E-state index in [1.54, 1.807) is 6.07 Å². The van der Waals surface area contributed by atoms with E-state index in [-0.39, 0.29) is 34.6 Å². The SMILES string of the molecule is N#Cc1cc(F)cc(Oc2ccc(NS(=O)(=O)C(F)(F)F)c3c2[C@@H](N)C[C@H]3O)c1. The molecule has 29 heavy (non-hydrogen) atoms. The maximum absolute atomic E-state index is 13.6. The molecule has 154 valence electrons. The number of sulfonamides is 1. The van der Waals surface area contributed by atoms with Crippen LogP contribution in [0, 0.1) is 17.1 Å². The maximum atomic E-state index is 13.6. The van der Waals surface area contributed by atoms with Gasteiger partial charge in [-0.05, 0) is 30.7 Å². The van der Waals surface area contributed by atoms with Crippen molar-refractivity contribution < 1.29 is 35.8 Å². The Labute approximate surface area is 162 Å². The van der Waals surface area contributed by atoms with E-state index in [0.29, 0.717) is 0 Å². The number of aliphatic hydroxyl groups excluding tert-OH is 1. The fourth-order valence-corrected chi connectivity index (χ4v) is 3.61. The number of fused-ring (bicyclic) bond motifs is 1. The first-order chi connectivity index (χ1) is 13.4. The van der Waals surface area contributed by atoms with Crippen LogP contribution in [0.4, 0.5) is 23.2 Å². The van der Waals surface area contributed by atoms with Gasteiger partial charge in [-0.1, -0.05) is 0 Å². The number of nitrogens with two attached hydrogens (primary N) is 1. The van der Waals surface area contributed by atoms with Crippen LogP contribution in [0.1, 0.15) is 35.3 Å². The topological polar surface area (TPSA) is 125 Å². The Balaban J connectivity index is 2.07. The van der Waals surface area contributed by atoms with E-state index in [9.17, 15) is 31.1 Å². The summed E-state index contributed by atoms with van der Waals surface area (Å²) in [5.41, 5.74) is -0.255. The molecule has 4 N–H and O–H groups in total. The van der Waals surface area contributed by atoms with Gasteiger partial charge in [-0.15, -0.1) is 0 Å². The summed E-state index contributed by atoms with van der Waals surface area (Å²) in [4.78, 5) is 0. The number of aliphatic hydroxyl groups is 1. The minimum absolute atomic E-state index is 0.0199. The van der Waals surface area contributed by atoms with E-state index in [0.717, 1.165) is 24.3 Å². The summed E-state index contributed by atoms with van der Waals surface area (Å²) >= 11 is 0. The van der Waals surface area contributed by atoms with Gasteiger partial charge in [0.1, 0.15) is 17.3 Å². The van der Waals surface area contributed by atoms with E-state index < -0.39 is 39.2 Å². The Hall–Kier alpha value is -2.88. The summed E-state index contributed by atoms with van der Waals surface area (Å²) in [5, 5.41) is 19.1. The van der Waals surface area contributed by atoms with Crippen LogP contribution >= 0.6 is 0 Å². The van der Waals surface area contributed by atoms with Gasteiger partial charge in [0.2, 0.25) is 0 Å². The third kappa shape index (κ3) is 3.98. The Morgan fingerprint density at radius 3 is 2.55 bits per heavy atom. The highest BCUT2D eigenvalue weighted by Gasteiger charge is 2.47. The average Bonchev–Trinajstić information content (AvgIpc) is 2.90. The summed E-state index contributed by atoms with van der Waals surface area (Å²) in [7, 11) is -5.73. The minimum atomic E-state index is -5.73. The first-order valence-corrected chi connectivity index (χ1v) is 9.49. The van der Waals surface area contributed by atoms with E-state index in [1.807, 2.05) is 0 Å². The van der Waals surface area contributed by atoms with Gasteiger partial charge in [0, 0.05) is 23.2 Å². The number of nitrogens with zero attached hydrogens (tertiary/aromatic N) is 1. The molecule has 7 nitrogen and oxygen atoms in total. The lowest BCUT2D eigenvalue weighted by molar-refractivity contribution is -0.0429. The molecular formula is C17H13F4N3O4S. The molecule has 0 aromatic heterocycles. The number of nitriles is 1. The normalized spacial score (nSPS) is 18.8. The van der Waals surface area contributed by atoms with E-state index in [1.165, 1.54) is 10.8 Å². The van der Waals surface area contributed by atoms with Gasteiger partial charge in [-0.2, -0.15) is 26.9 Å². The Kier molecular flexibility index (Phi) is 5.16. The Bertz CT molecular complexity index is 1110. The third-order valence-corrected chi connectivity index (χ3v) is 5.30. The number of hydrogen-bond acceptors (Lipinski definition) is 6. The number of rotatable bonds is 4. The predicted molar refractivity (Wildman–Crippen MR) is 92.7 cm³/mol. The summed E-state index contributed by atoms with van der Waals surface area (Å²) in [5.74, 6) is -0.857. The van der Waals surface area contributed by atoms with Gasteiger partial charge in [0.05, 0.1) is 23.4 Å². The highest BCUT2D eigenvalue weighted by Crippen LogP contribution is 2.48. The Morgan fingerprint density at radius 1 is 1.24 bits per heavy atom. The number of alkyl halides is 3. The fraction of sp³-hybridized carbons (Fsp3) is 0.235. The van der Waals surface area contributed by atoms with Crippen LogP contribution in [-0.2, 0) is 10.0 Å². The molecule has 0 saturated carbocycles. The lowest BCUT2D eigenvalue weighted by Crippen LogP contribution is -2.30. The minimum Gasteiger partial charge on any atom is -0.457 e. The molecule has 0 bridgehead atoms. The van der Waals surface area contributed by atoms with Crippen molar-refractivity contribution in [2.75, 3.05) is 4.72 Å². The zero-order valence-electron chi connectivity index (χ0n) is 14.4. The van der Waals surface area contributed by atoms with Crippen LogP contribution in [0.3, 0.4) is 0 Å². The zero-order valence-corrected chi connectivity index (χ0v) is 15.2. The molecule has 0 radical (unpaired) electrons. The number of ether oxygens (including phenoxy) is 1. The summed E-state index contributed by atoms with van der Waals surface area (Å²) in [6.07, 6.45) is -1.44. The van der Waals surface area contributed by atoms with Crippen LogP contribution in [0.2, 0.25) is 0 Å². The predicted octanol–water partition coefficient (Wildman–Crippen LogP) is 3.19. The van der Waals surface area contributed by atoms with Gasteiger partial charge in [-0.3, -0.25) is 4.72 Å². The first kappa shape index (κ1) is 20.8. The quantitative estimate of drug-likeness (QED) is 0.639. The van der Waals surface area contributed by atoms with Crippen molar-refractivity contribution in [2.45, 2.75) is 24.1 Å². The third-order valence-electron chi connectivity index (χ3n) is 4.21. The second-order valence-corrected chi connectivity index (χ2v) is 7.91. The molecule has 12 heteroatoms. The largest absolute Gasteiger partial charge is 0.516 e. The maximum Gasteiger partial charge on any atom is 0.516 e. The first-order valence-electron chi connectivity index (χ1n) is 8.01. The molecule has 0 aliphatic heterocycles. The van der Waals surface area contributed by atoms with Crippen LogP contribution in [-0.4, -0.2) is 19.0 Å². The van der Waals surface area contributed by atoms with Crippen LogP contribution in [0.25, 0.3) is 0 Å². The van der Waals surface area contributed by atoms with E-state index >= 15 is 0 Å². The lowest BCUT2D eigenvalue weighted by Gasteiger charge is -2.18. The van der Waals surface area contributed by atoms with Gasteiger partial charge in [-0.25, -0.2) is 4.39 Å². The molecule has 2 atom stereocenters. The molecule has 3 rings (SSSR count). The lowest BCUT2D eigenvalue weighted by atomic mass is 10.0. The van der Waals surface area contributed by atoms with Crippen molar-refractivity contribution in [1.82, 2.24) is 0 Å². The fourth-order valence-electron chi connectivity index (χ4n) is 3.03. The molecular weight excluding hydrogens is 418 g/mol. The molecule has 1 aliphatic rings. The van der Waals surface area contributed by atoms with Crippen molar-refractivity contribution in [3.8, 4) is 17.6 Å². The number of nitrogens with one attached hydrogen (secondary N) is 1. The van der Waals surface area contributed by atoms with Gasteiger partial charge in [0.25, 0.3) is 0 Å². The van der Waals surface area contributed by atoms with Crippen LogP contribution in [0.5, 0.6) is 11.5 Å². The van der Waals surface area contributed by atoms with Crippen molar-refractivity contribution in [2.24, 2.45) is 5.73 Å². The molecule has 1 aliphatic carbocycles. The van der Waals surface area contributed by atoms with Gasteiger partial charge in [0.15, 0.2) is 0 Å². The van der Waals surface area contributed by atoms with Gasteiger partial charge < -0.3 is 15.6 Å². The second kappa shape index (κ2) is 7.18. The molecule has 0 saturated heterocycles. The summed E-state index contributed by atoms with van der Waals surface area (Å²) in [6.45, 7) is 0. The monoisotopic (exact) mass is 431 g/mol. The zero-order chi connectivity index (χ0) is 21.6. The van der Waals surface area contributed by atoms with Gasteiger partial charge >= 0.3 is 15.5 Å². The van der Waals surface area contributed by atoms with Crippen molar-refractivity contribution in [3.63, 3.8) is 0 Å². The van der Waals surface area contributed by atoms with E-state index in [4.69, 9.17) is 15.7 Å². The number of benzene rings is 2. The number of anilines is 1. The number of halogens is 4. The Morgan fingerprint density at radius 2 is 1.93 bits per heavy atom. The summed E-state index contributed by atoms with van der Waals surface area (Å²) < 4.78 is 81.5. The molecule has 0 unspecified atom stereocenters. The van der Waals surface area contributed by atoms with Crippen molar-refractivity contribution in [1.29, 1.82) is 5.26 Å². The molecule has 0 spiro atoms. The standard InChI is InChI=1S/C17H13F4N3O4S/c18-9-3-8(7-22)4-10(5-9)28-14-2-1-12(24-29(26,27)17(19,20)21)16-13(25)6-11(23)15(14)16/h1-5,11,13,24-25H,6,23H2/t11-,13+/m0/s1. The molecule has 2 aromatic carbocycles. The van der Waals surface area contributed by atoms with Crippen LogP contribution < -0.4 is 15.2 Å². The van der Waals surface area contributed by atoms with Crippen molar-refractivity contribution in [3.05, 3.63) is 52.8 Å². The number of hydrogen-bond donors (Lipinski definition) is 3. The molecule has 2 aromatic rings. The van der Waals surface area contributed by atoms with E-state index in [2.05, 4.69) is 0 Å². The average molecular weight is 431 g/mol. The smallest absolute Gasteiger partial charge is 0.457 e. The molecule has 0 heterocycles. The molecule has 0 amide bonds. The summed E-state index contributed by atoms with van der Waals surface area (Å²) in [6, 6.07) is 6.16.